The lowest BCUT2D eigenvalue weighted by Crippen LogP contribution is -2.54. The summed E-state index contributed by atoms with van der Waals surface area (Å²) in [6.45, 7) is 19.4. The van der Waals surface area contributed by atoms with Crippen molar-refractivity contribution in [1.82, 2.24) is 25.1 Å². The van der Waals surface area contributed by atoms with E-state index in [9.17, 15) is 19.2 Å². The van der Waals surface area contributed by atoms with Gasteiger partial charge in [0, 0.05) is 61.5 Å². The molecular weight excluding hydrogens is 852 g/mol. The van der Waals surface area contributed by atoms with Gasteiger partial charge in [0.1, 0.15) is 18.4 Å². The van der Waals surface area contributed by atoms with Crippen molar-refractivity contribution in [3.05, 3.63) is 117 Å². The van der Waals surface area contributed by atoms with Crippen LogP contribution in [-0.4, -0.2) is 95.3 Å². The smallest absolute Gasteiger partial charge is 0.262 e. The number of rotatable bonds is 10. The minimum absolute atomic E-state index is 0.107. The van der Waals surface area contributed by atoms with Gasteiger partial charge in [-0.25, -0.2) is 14.8 Å². The molecule has 1 aliphatic carbocycles. The van der Waals surface area contributed by atoms with E-state index < -0.39 is 23.8 Å². The average Bonchev–Trinajstić information content (AvgIpc) is 3.56. The molecule has 1 aromatic heterocycles. The molecule has 342 valence electrons. The molecule has 3 aromatic carbocycles. The van der Waals surface area contributed by atoms with Crippen LogP contribution in [-0.2, 0) is 21.6 Å². The fraction of sp³-hybridized carbons (Fsp3) is 0.481. The van der Waals surface area contributed by atoms with E-state index in [0.717, 1.165) is 96.9 Å². The van der Waals surface area contributed by atoms with Crippen LogP contribution in [0.2, 0.25) is 5.02 Å². The summed E-state index contributed by atoms with van der Waals surface area (Å²) in [6, 6.07) is 20.1. The summed E-state index contributed by atoms with van der Waals surface area (Å²) in [7, 11) is 0. The van der Waals surface area contributed by atoms with Crippen LogP contribution in [0.15, 0.2) is 72.9 Å². The number of benzene rings is 3. The van der Waals surface area contributed by atoms with Gasteiger partial charge in [0.2, 0.25) is 17.8 Å². The van der Waals surface area contributed by atoms with Gasteiger partial charge >= 0.3 is 0 Å². The molecule has 1 atom stereocenters. The minimum atomic E-state index is -0.954. The van der Waals surface area contributed by atoms with E-state index >= 15 is 0 Å². The van der Waals surface area contributed by atoms with E-state index in [-0.39, 0.29) is 24.2 Å². The number of carbonyl (C=O) groups excluding carboxylic acids is 4. The molecule has 0 bridgehead atoms. The summed E-state index contributed by atoms with van der Waals surface area (Å²) >= 11 is 6.33. The molecule has 6 heterocycles. The SMILES string of the molecule is [C-]#[N+]c1cc(Cl)cc(C(C)(C)c2ccc(OCc3ccnc(N4CCC5(CCN(CC6CC7(CCN(c8ccc9c(c8)C(=O)N(C8CCC(=O)NC8=O)C9=O)CC7)C6)CC5)CC4)n3)cc2)c1. The van der Waals surface area contributed by atoms with Gasteiger partial charge < -0.3 is 19.4 Å². The van der Waals surface area contributed by atoms with Crippen LogP contribution in [0, 0.1) is 23.3 Å². The number of hydrogen-bond acceptors (Lipinski definition) is 10. The maximum Gasteiger partial charge on any atom is 0.262 e. The second-order valence-electron chi connectivity index (χ2n) is 20.3. The Hall–Kier alpha value is -5.84. The zero-order valence-corrected chi connectivity index (χ0v) is 38.6. The predicted octanol–water partition coefficient (Wildman–Crippen LogP) is 8.37. The maximum absolute atomic E-state index is 13.4. The Kier molecular flexibility index (Phi) is 11.6. The number of aromatic nitrogens is 2. The Balaban J connectivity index is 0.651. The van der Waals surface area contributed by atoms with Crippen molar-refractivity contribution >= 4 is 52.6 Å². The molecule has 10 rings (SSSR count). The van der Waals surface area contributed by atoms with Crippen LogP contribution in [0.5, 0.6) is 5.75 Å². The molecule has 6 aliphatic rings. The number of halogens is 1. The van der Waals surface area contributed by atoms with E-state index in [2.05, 4.69) is 55.8 Å². The number of amides is 4. The van der Waals surface area contributed by atoms with E-state index in [1.54, 1.807) is 12.1 Å². The fourth-order valence-corrected chi connectivity index (χ4v) is 12.0. The van der Waals surface area contributed by atoms with Crippen molar-refractivity contribution in [2.45, 2.75) is 96.1 Å². The standard InChI is InChI=1S/C52H57ClN8O5/c1-50(2,36-26-37(53)28-39(27-36)54-3)35-4-7-41(8-5-35)66-33-38-12-19-55-49(56-38)60-24-15-51(16-25-60)13-20-58(21-14-51)32-34-30-52(31-34)17-22-59(23-18-52)40-6-9-42-43(29-40)48(65)61(47(42)64)44-10-11-45(62)57-46(44)63/h4-9,12,19,26-29,34,44H,10-11,13-18,20-25,30-33H2,1-2H3,(H,57,62,63). The summed E-state index contributed by atoms with van der Waals surface area (Å²) in [5.74, 6) is 0.409. The number of ether oxygens (including phenoxy) is 1. The summed E-state index contributed by atoms with van der Waals surface area (Å²) in [5, 5.41) is 2.83. The van der Waals surface area contributed by atoms with Gasteiger partial charge in [-0.1, -0.05) is 43.6 Å². The summed E-state index contributed by atoms with van der Waals surface area (Å²) in [6.07, 6.45) is 11.7. The van der Waals surface area contributed by atoms with Crippen molar-refractivity contribution in [3.63, 3.8) is 0 Å². The highest BCUT2D eigenvalue weighted by atomic mass is 35.5. The molecule has 5 fully saturated rings. The van der Waals surface area contributed by atoms with Crippen LogP contribution in [0.1, 0.15) is 116 Å². The molecule has 1 N–H and O–H groups in total. The van der Waals surface area contributed by atoms with Crippen LogP contribution in [0.4, 0.5) is 17.3 Å². The van der Waals surface area contributed by atoms with Crippen molar-refractivity contribution in [2.75, 3.05) is 55.6 Å². The van der Waals surface area contributed by atoms with E-state index in [0.29, 0.717) is 39.3 Å². The lowest BCUT2D eigenvalue weighted by atomic mass is 9.57. The van der Waals surface area contributed by atoms with Gasteiger partial charge in [0.05, 0.1) is 23.4 Å². The Morgan fingerprint density at radius 3 is 2.20 bits per heavy atom. The number of imide groups is 2. The predicted molar refractivity (Wildman–Crippen MR) is 252 cm³/mol. The third kappa shape index (κ3) is 8.54. The molecule has 14 heteroatoms. The summed E-state index contributed by atoms with van der Waals surface area (Å²) in [5.41, 5.74) is 5.55. The molecule has 1 unspecified atom stereocenters. The first kappa shape index (κ1) is 44.0. The Bertz CT molecular complexity index is 2590. The molecule has 4 amide bonds. The number of fused-ring (bicyclic) bond motifs is 1. The van der Waals surface area contributed by atoms with Crippen molar-refractivity contribution < 1.29 is 23.9 Å². The number of nitrogens with one attached hydrogen (secondary N) is 1. The number of anilines is 2. The molecule has 66 heavy (non-hydrogen) atoms. The molecule has 13 nitrogen and oxygen atoms in total. The van der Waals surface area contributed by atoms with Crippen molar-refractivity contribution in [1.29, 1.82) is 0 Å². The number of hydrogen-bond donors (Lipinski definition) is 1. The Morgan fingerprint density at radius 2 is 1.48 bits per heavy atom. The lowest BCUT2D eigenvalue weighted by Gasteiger charge is -2.54. The van der Waals surface area contributed by atoms with Gasteiger partial charge in [-0.2, -0.15) is 0 Å². The molecular formula is C52H57ClN8O5. The van der Waals surface area contributed by atoms with Gasteiger partial charge in [0.25, 0.3) is 11.8 Å². The lowest BCUT2D eigenvalue weighted by molar-refractivity contribution is -0.136. The third-order valence-electron chi connectivity index (χ3n) is 16.0. The number of likely N-dealkylation sites (tertiary alicyclic amines) is 1. The minimum Gasteiger partial charge on any atom is -0.487 e. The van der Waals surface area contributed by atoms with Gasteiger partial charge in [-0.3, -0.25) is 29.4 Å². The van der Waals surface area contributed by atoms with E-state index in [1.165, 1.54) is 45.3 Å². The first-order chi connectivity index (χ1) is 31.8. The number of nitrogens with zero attached hydrogens (tertiary/aromatic N) is 7. The zero-order chi connectivity index (χ0) is 45.8. The second kappa shape index (κ2) is 17.4. The maximum atomic E-state index is 13.4. The first-order valence-electron chi connectivity index (χ1n) is 23.6. The highest BCUT2D eigenvalue weighted by Gasteiger charge is 2.48. The highest BCUT2D eigenvalue weighted by Crippen LogP contribution is 2.54. The average molecular weight is 910 g/mol. The normalized spacial score (nSPS) is 22.0. The van der Waals surface area contributed by atoms with Crippen molar-refractivity contribution in [2.24, 2.45) is 16.7 Å². The van der Waals surface area contributed by atoms with Gasteiger partial charge in [-0.05, 0) is 147 Å². The largest absolute Gasteiger partial charge is 0.487 e. The summed E-state index contributed by atoms with van der Waals surface area (Å²) < 4.78 is 6.19. The molecule has 0 radical (unpaired) electrons. The molecule has 4 saturated heterocycles. The van der Waals surface area contributed by atoms with Crippen LogP contribution < -0.4 is 19.9 Å². The molecule has 4 aromatic rings. The van der Waals surface area contributed by atoms with Gasteiger partial charge in [0.15, 0.2) is 5.69 Å². The zero-order valence-electron chi connectivity index (χ0n) is 37.9. The highest BCUT2D eigenvalue weighted by molar-refractivity contribution is 6.31. The van der Waals surface area contributed by atoms with Crippen molar-refractivity contribution in [3.8, 4) is 5.75 Å². The molecule has 5 aliphatic heterocycles. The quantitative estimate of drug-likeness (QED) is 0.122. The Labute approximate surface area is 391 Å². The topological polar surface area (TPSA) is 133 Å². The van der Waals surface area contributed by atoms with Gasteiger partial charge in [-0.15, -0.1) is 0 Å². The van der Waals surface area contributed by atoms with E-state index in [4.69, 9.17) is 27.9 Å². The first-order valence-corrected chi connectivity index (χ1v) is 24.0. The second-order valence-corrected chi connectivity index (χ2v) is 20.8. The van der Waals surface area contributed by atoms with E-state index in [1.807, 2.05) is 48.7 Å². The van der Waals surface area contributed by atoms with Crippen LogP contribution in [0.3, 0.4) is 0 Å². The van der Waals surface area contributed by atoms with Crippen LogP contribution >= 0.6 is 11.6 Å². The van der Waals surface area contributed by atoms with Crippen LogP contribution in [0.25, 0.3) is 4.85 Å². The Morgan fingerprint density at radius 1 is 0.803 bits per heavy atom. The monoisotopic (exact) mass is 908 g/mol. The third-order valence-corrected chi connectivity index (χ3v) is 16.2. The summed E-state index contributed by atoms with van der Waals surface area (Å²) in [4.78, 5) is 72.4. The number of piperidine rings is 4. The number of carbonyl (C=O) groups is 4. The fourth-order valence-electron chi connectivity index (χ4n) is 11.8. The molecule has 2 spiro atoms. The molecule has 1 saturated carbocycles.